The number of halogens is 1. The molecule has 3 rings (SSSR count). The highest BCUT2D eigenvalue weighted by Crippen LogP contribution is 2.34. The van der Waals surface area contributed by atoms with Gasteiger partial charge in [0.15, 0.2) is 0 Å². The molecule has 0 saturated carbocycles. The molecule has 0 unspecified atom stereocenters. The lowest BCUT2D eigenvalue weighted by Crippen LogP contribution is -2.27. The summed E-state index contributed by atoms with van der Waals surface area (Å²) < 4.78 is 13.9. The molecule has 1 aliphatic rings. The lowest BCUT2D eigenvalue weighted by Gasteiger charge is -2.25. The fourth-order valence-corrected chi connectivity index (χ4v) is 3.15. The third-order valence-electron chi connectivity index (χ3n) is 4.33. The summed E-state index contributed by atoms with van der Waals surface area (Å²) in [6.07, 6.45) is 3.54. The first-order valence-electron chi connectivity index (χ1n) is 7.80. The topological polar surface area (TPSA) is 52.2 Å². The summed E-state index contributed by atoms with van der Waals surface area (Å²) >= 11 is 0. The third-order valence-corrected chi connectivity index (χ3v) is 4.33. The molecule has 0 spiro atoms. The Balaban J connectivity index is 1.84. The predicted molar refractivity (Wildman–Crippen MR) is 85.4 cm³/mol. The summed E-state index contributed by atoms with van der Waals surface area (Å²) in [7, 11) is 3.45. The van der Waals surface area contributed by atoms with E-state index in [1.165, 1.54) is 6.07 Å². The van der Waals surface area contributed by atoms with Crippen molar-refractivity contribution in [3.63, 3.8) is 0 Å². The second-order valence-corrected chi connectivity index (χ2v) is 6.12. The van der Waals surface area contributed by atoms with Crippen LogP contribution in [0.25, 0.3) is 0 Å². The predicted octanol–water partition coefficient (Wildman–Crippen LogP) is 2.59. The van der Waals surface area contributed by atoms with Gasteiger partial charge in [0.25, 0.3) is 5.91 Å². The molecule has 0 aliphatic carbocycles. The van der Waals surface area contributed by atoms with Gasteiger partial charge >= 0.3 is 0 Å². The van der Waals surface area contributed by atoms with E-state index in [-0.39, 0.29) is 17.8 Å². The van der Waals surface area contributed by atoms with Crippen molar-refractivity contribution in [1.82, 2.24) is 20.0 Å². The molecule has 5 nitrogen and oxygen atoms in total. The molecule has 2 aromatic rings. The molecule has 6 heteroatoms. The summed E-state index contributed by atoms with van der Waals surface area (Å²) in [6.45, 7) is 1.42. The number of amides is 1. The molecule has 0 radical (unpaired) electrons. The van der Waals surface area contributed by atoms with Crippen molar-refractivity contribution in [2.75, 3.05) is 20.6 Å². The van der Waals surface area contributed by atoms with Crippen molar-refractivity contribution in [2.45, 2.75) is 25.4 Å². The van der Waals surface area contributed by atoms with E-state index in [2.05, 4.69) is 15.1 Å². The zero-order valence-electron chi connectivity index (χ0n) is 13.4. The molecule has 1 fully saturated rings. The van der Waals surface area contributed by atoms with E-state index in [0.29, 0.717) is 17.7 Å². The first-order chi connectivity index (χ1) is 11.1. The van der Waals surface area contributed by atoms with Crippen molar-refractivity contribution >= 4 is 5.91 Å². The first-order valence-corrected chi connectivity index (χ1v) is 7.80. The zero-order chi connectivity index (χ0) is 16.4. The highest BCUT2D eigenvalue weighted by Gasteiger charge is 2.31. The van der Waals surface area contributed by atoms with Crippen LogP contribution in [0.1, 0.15) is 40.5 Å². The van der Waals surface area contributed by atoms with Gasteiger partial charge in [0.05, 0.1) is 23.5 Å². The van der Waals surface area contributed by atoms with Crippen LogP contribution >= 0.6 is 0 Å². The second kappa shape index (κ2) is 6.50. The minimum atomic E-state index is -0.188. The number of benzene rings is 1. The lowest BCUT2D eigenvalue weighted by molar-refractivity contribution is 0.0824. The van der Waals surface area contributed by atoms with E-state index in [1.54, 1.807) is 31.3 Å². The first kappa shape index (κ1) is 15.7. The number of H-pyrrole nitrogens is 1. The van der Waals surface area contributed by atoms with Gasteiger partial charge in [-0.15, -0.1) is 0 Å². The SMILES string of the molecule is CN(C)C(=O)c1cn[nH]c1[C@@H]1CCCN1Cc1ccccc1F. The van der Waals surface area contributed by atoms with E-state index in [0.717, 1.165) is 25.1 Å². The van der Waals surface area contributed by atoms with Gasteiger partial charge in [-0.1, -0.05) is 18.2 Å². The molecule has 23 heavy (non-hydrogen) atoms. The Morgan fingerprint density at radius 3 is 2.96 bits per heavy atom. The Morgan fingerprint density at radius 2 is 2.22 bits per heavy atom. The highest BCUT2D eigenvalue weighted by molar-refractivity contribution is 5.94. The average Bonchev–Trinajstić information content (AvgIpc) is 3.17. The maximum Gasteiger partial charge on any atom is 0.256 e. The summed E-state index contributed by atoms with van der Waals surface area (Å²) in [6, 6.07) is 6.90. The van der Waals surface area contributed by atoms with Crippen LogP contribution in [0.3, 0.4) is 0 Å². The van der Waals surface area contributed by atoms with E-state index < -0.39 is 0 Å². The molecule has 0 bridgehead atoms. The number of carbonyl (C=O) groups is 1. The maximum absolute atomic E-state index is 13.9. The van der Waals surface area contributed by atoms with Crippen LogP contribution in [0.5, 0.6) is 0 Å². The number of aromatic amines is 1. The molecular weight excluding hydrogens is 295 g/mol. The highest BCUT2D eigenvalue weighted by atomic mass is 19.1. The van der Waals surface area contributed by atoms with Gasteiger partial charge in [-0.05, 0) is 25.5 Å². The van der Waals surface area contributed by atoms with Gasteiger partial charge in [0.1, 0.15) is 5.82 Å². The van der Waals surface area contributed by atoms with E-state index in [9.17, 15) is 9.18 Å². The van der Waals surface area contributed by atoms with Gasteiger partial charge in [0, 0.05) is 26.2 Å². The van der Waals surface area contributed by atoms with E-state index in [1.807, 2.05) is 12.1 Å². The van der Waals surface area contributed by atoms with Crippen LogP contribution < -0.4 is 0 Å². The molecule has 1 aromatic carbocycles. The van der Waals surface area contributed by atoms with Crippen molar-refractivity contribution in [3.8, 4) is 0 Å². The number of hydrogen-bond donors (Lipinski definition) is 1. The summed E-state index contributed by atoms with van der Waals surface area (Å²) in [4.78, 5) is 16.0. The second-order valence-electron chi connectivity index (χ2n) is 6.12. The molecule has 1 atom stereocenters. The van der Waals surface area contributed by atoms with Gasteiger partial charge in [-0.2, -0.15) is 5.10 Å². The van der Waals surface area contributed by atoms with Crippen LogP contribution in [0, 0.1) is 5.82 Å². The lowest BCUT2D eigenvalue weighted by atomic mass is 10.1. The van der Waals surface area contributed by atoms with E-state index >= 15 is 0 Å². The Labute approximate surface area is 135 Å². The standard InChI is InChI=1S/C17H21FN4O/c1-21(2)17(23)13-10-19-20-16(13)15-8-5-9-22(15)11-12-6-3-4-7-14(12)18/h3-4,6-7,10,15H,5,8-9,11H2,1-2H3,(H,19,20)/t15-/m0/s1. The zero-order valence-corrected chi connectivity index (χ0v) is 13.4. The minimum Gasteiger partial charge on any atom is -0.345 e. The monoisotopic (exact) mass is 316 g/mol. The number of likely N-dealkylation sites (tertiary alicyclic amines) is 1. The van der Waals surface area contributed by atoms with Gasteiger partial charge in [0.2, 0.25) is 0 Å². The Hall–Kier alpha value is -2.21. The third kappa shape index (κ3) is 3.12. The Morgan fingerprint density at radius 1 is 1.43 bits per heavy atom. The number of nitrogens with zero attached hydrogens (tertiary/aromatic N) is 3. The van der Waals surface area contributed by atoms with Crippen LogP contribution in [0.2, 0.25) is 0 Å². The largest absolute Gasteiger partial charge is 0.345 e. The maximum atomic E-state index is 13.9. The van der Waals surface area contributed by atoms with Crippen LogP contribution in [0.4, 0.5) is 4.39 Å². The molecule has 1 amide bonds. The molecular formula is C17H21FN4O. The summed E-state index contributed by atoms with van der Waals surface area (Å²) in [5.74, 6) is -0.251. The Kier molecular flexibility index (Phi) is 4.43. The quantitative estimate of drug-likeness (QED) is 0.943. The minimum absolute atomic E-state index is 0.0634. The van der Waals surface area contributed by atoms with Gasteiger partial charge < -0.3 is 4.90 Å². The van der Waals surface area contributed by atoms with Crippen molar-refractivity contribution in [1.29, 1.82) is 0 Å². The molecule has 1 aromatic heterocycles. The number of rotatable bonds is 4. The molecule has 2 heterocycles. The number of aromatic nitrogens is 2. The van der Waals surface area contributed by atoms with Crippen LogP contribution in [0.15, 0.2) is 30.5 Å². The van der Waals surface area contributed by atoms with Crippen molar-refractivity contribution in [3.05, 3.63) is 53.1 Å². The van der Waals surface area contributed by atoms with Gasteiger partial charge in [-0.3, -0.25) is 14.8 Å². The summed E-state index contributed by atoms with van der Waals surface area (Å²) in [5.41, 5.74) is 2.11. The van der Waals surface area contributed by atoms with Crippen molar-refractivity contribution in [2.24, 2.45) is 0 Å². The smallest absolute Gasteiger partial charge is 0.256 e. The van der Waals surface area contributed by atoms with Crippen LogP contribution in [-0.2, 0) is 6.54 Å². The Bertz CT molecular complexity index is 697. The number of hydrogen-bond acceptors (Lipinski definition) is 3. The molecule has 1 saturated heterocycles. The molecule has 1 aliphatic heterocycles. The number of nitrogens with one attached hydrogen (secondary N) is 1. The molecule has 1 N–H and O–H groups in total. The van der Waals surface area contributed by atoms with E-state index in [4.69, 9.17) is 0 Å². The average molecular weight is 316 g/mol. The van der Waals surface area contributed by atoms with Crippen molar-refractivity contribution < 1.29 is 9.18 Å². The summed E-state index contributed by atoms with van der Waals surface area (Å²) in [5, 5.41) is 7.04. The van der Waals surface area contributed by atoms with Gasteiger partial charge in [-0.25, -0.2) is 4.39 Å². The van der Waals surface area contributed by atoms with Crippen LogP contribution in [-0.4, -0.2) is 46.5 Å². The number of carbonyl (C=O) groups excluding carboxylic acids is 1. The molecule has 122 valence electrons. The fourth-order valence-electron chi connectivity index (χ4n) is 3.15. The fraction of sp³-hybridized carbons (Fsp3) is 0.412. The normalized spacial score (nSPS) is 18.3.